The van der Waals surface area contributed by atoms with Gasteiger partial charge in [0.1, 0.15) is 0 Å². The van der Waals surface area contributed by atoms with E-state index in [9.17, 15) is 0 Å². The number of nitrogens with zero attached hydrogens (tertiary/aromatic N) is 1. The van der Waals surface area contributed by atoms with Crippen LogP contribution in [0.3, 0.4) is 0 Å². The molecule has 0 amide bonds. The van der Waals surface area contributed by atoms with Gasteiger partial charge in [-0.2, -0.15) is 0 Å². The van der Waals surface area contributed by atoms with Crippen LogP contribution in [0.4, 0.5) is 17.1 Å². The van der Waals surface area contributed by atoms with Crippen LogP contribution in [0.1, 0.15) is 0 Å². The zero-order valence-corrected chi connectivity index (χ0v) is 28.1. The molecule has 9 aromatic carbocycles. The minimum Gasteiger partial charge on any atom is -0.310 e. The fourth-order valence-corrected chi connectivity index (χ4v) is 8.71. The lowest BCUT2D eigenvalue weighted by atomic mass is 9.94. The molecule has 10 rings (SSSR count). The Bertz CT molecular complexity index is 2860. The molecule has 0 unspecified atom stereocenters. The third kappa shape index (κ3) is 4.76. The van der Waals surface area contributed by atoms with Crippen LogP contribution in [0, 0.1) is 0 Å². The summed E-state index contributed by atoms with van der Waals surface area (Å²) in [6.07, 6.45) is 0. The first-order valence-electron chi connectivity index (χ1n) is 17.1. The average Bonchev–Trinajstić information content (AvgIpc) is 3.56. The van der Waals surface area contributed by atoms with Crippen molar-refractivity contribution in [1.82, 2.24) is 0 Å². The Morgan fingerprint density at radius 2 is 0.960 bits per heavy atom. The van der Waals surface area contributed by atoms with Gasteiger partial charge in [0, 0.05) is 37.1 Å². The molecular weight excluding hydrogens is 623 g/mol. The van der Waals surface area contributed by atoms with E-state index in [1.807, 2.05) is 11.3 Å². The van der Waals surface area contributed by atoms with Gasteiger partial charge in [0.05, 0.1) is 5.69 Å². The Labute approximate surface area is 294 Å². The van der Waals surface area contributed by atoms with Gasteiger partial charge in [-0.25, -0.2) is 0 Å². The number of benzene rings is 9. The second-order valence-electron chi connectivity index (χ2n) is 12.9. The van der Waals surface area contributed by atoms with Crippen molar-refractivity contribution in [2.75, 3.05) is 4.90 Å². The van der Waals surface area contributed by atoms with Crippen LogP contribution >= 0.6 is 11.3 Å². The van der Waals surface area contributed by atoms with Crippen molar-refractivity contribution in [1.29, 1.82) is 0 Å². The Morgan fingerprint density at radius 1 is 0.340 bits per heavy atom. The molecule has 0 fully saturated rings. The van der Waals surface area contributed by atoms with Crippen molar-refractivity contribution >= 4 is 80.9 Å². The van der Waals surface area contributed by atoms with E-state index in [0.29, 0.717) is 0 Å². The highest BCUT2D eigenvalue weighted by Gasteiger charge is 2.19. The largest absolute Gasteiger partial charge is 0.310 e. The molecule has 0 aliphatic carbocycles. The van der Waals surface area contributed by atoms with E-state index in [1.165, 1.54) is 74.7 Å². The quantitative estimate of drug-likeness (QED) is 0.167. The van der Waals surface area contributed by atoms with Crippen molar-refractivity contribution in [3.8, 4) is 22.3 Å². The zero-order valence-electron chi connectivity index (χ0n) is 27.3. The number of hydrogen-bond donors (Lipinski definition) is 0. The Morgan fingerprint density at radius 3 is 1.82 bits per heavy atom. The normalized spacial score (nSPS) is 11.6. The summed E-state index contributed by atoms with van der Waals surface area (Å²) in [6, 6.07) is 68.8. The van der Waals surface area contributed by atoms with Crippen molar-refractivity contribution in [2.24, 2.45) is 0 Å². The molecule has 0 spiro atoms. The number of rotatable bonds is 5. The lowest BCUT2D eigenvalue weighted by Crippen LogP contribution is -2.11. The predicted octanol–water partition coefficient (Wildman–Crippen LogP) is 14.3. The van der Waals surface area contributed by atoms with Gasteiger partial charge in [0.15, 0.2) is 0 Å². The first kappa shape index (κ1) is 28.8. The molecule has 1 heterocycles. The van der Waals surface area contributed by atoms with Gasteiger partial charge in [-0.05, 0) is 97.5 Å². The lowest BCUT2D eigenvalue weighted by Gasteiger charge is -2.28. The average molecular weight is 654 g/mol. The number of para-hydroxylation sites is 1. The summed E-state index contributed by atoms with van der Waals surface area (Å²) in [5, 5.41) is 10.3. The fourth-order valence-electron chi connectivity index (χ4n) is 7.62. The summed E-state index contributed by atoms with van der Waals surface area (Å²) in [7, 11) is 0. The van der Waals surface area contributed by atoms with Crippen LogP contribution in [-0.2, 0) is 0 Å². The Hall–Kier alpha value is -6.22. The van der Waals surface area contributed by atoms with Crippen LogP contribution in [0.25, 0.3) is 74.7 Å². The first-order chi connectivity index (χ1) is 24.8. The number of fused-ring (bicyclic) bond motifs is 8. The van der Waals surface area contributed by atoms with Gasteiger partial charge < -0.3 is 4.90 Å². The van der Waals surface area contributed by atoms with Crippen molar-refractivity contribution in [3.63, 3.8) is 0 Å². The maximum Gasteiger partial charge on any atom is 0.0540 e. The zero-order chi connectivity index (χ0) is 33.0. The van der Waals surface area contributed by atoms with Crippen LogP contribution in [-0.4, -0.2) is 0 Å². The number of anilines is 3. The fraction of sp³-hybridized carbons (Fsp3) is 0. The third-order valence-electron chi connectivity index (χ3n) is 10.0. The molecule has 0 N–H and O–H groups in total. The maximum absolute atomic E-state index is 2.41. The highest BCUT2D eigenvalue weighted by Crippen LogP contribution is 2.44. The van der Waals surface area contributed by atoms with E-state index in [4.69, 9.17) is 0 Å². The highest BCUT2D eigenvalue weighted by molar-refractivity contribution is 7.25. The van der Waals surface area contributed by atoms with Crippen LogP contribution < -0.4 is 4.90 Å². The molecule has 50 heavy (non-hydrogen) atoms. The van der Waals surface area contributed by atoms with Crippen molar-refractivity contribution in [3.05, 3.63) is 188 Å². The lowest BCUT2D eigenvalue weighted by molar-refractivity contribution is 1.29. The molecule has 0 saturated carbocycles. The van der Waals surface area contributed by atoms with E-state index >= 15 is 0 Å². The van der Waals surface area contributed by atoms with Gasteiger partial charge in [-0.3, -0.25) is 0 Å². The third-order valence-corrected chi connectivity index (χ3v) is 11.2. The van der Waals surface area contributed by atoms with E-state index < -0.39 is 0 Å². The molecule has 0 bridgehead atoms. The Balaban J connectivity index is 1.13. The molecule has 0 radical (unpaired) electrons. The predicted molar refractivity (Wildman–Crippen MR) is 217 cm³/mol. The van der Waals surface area contributed by atoms with Crippen molar-refractivity contribution < 1.29 is 0 Å². The summed E-state index contributed by atoms with van der Waals surface area (Å²) in [4.78, 5) is 2.41. The smallest absolute Gasteiger partial charge is 0.0540 e. The summed E-state index contributed by atoms with van der Waals surface area (Å²) in [5.41, 5.74) is 8.21. The van der Waals surface area contributed by atoms with E-state index in [-0.39, 0.29) is 0 Å². The molecule has 0 aliphatic heterocycles. The molecule has 0 atom stereocenters. The number of thiophene rings is 1. The topological polar surface area (TPSA) is 3.24 Å². The SMILES string of the molecule is c1ccc(-c2ccccc2N(c2ccc(-c3ccc4ccc5ccc6ccccc6c5c4c3)cc2)c2ccc3sc4ccccc4c3c2)cc1. The van der Waals surface area contributed by atoms with E-state index in [1.54, 1.807) is 0 Å². The van der Waals surface area contributed by atoms with Crippen LogP contribution in [0.5, 0.6) is 0 Å². The second kappa shape index (κ2) is 11.7. The maximum atomic E-state index is 2.41. The molecule has 1 nitrogen and oxygen atoms in total. The Kier molecular flexibility index (Phi) is 6.75. The molecule has 2 heteroatoms. The molecular formula is C48H31NS. The summed E-state index contributed by atoms with van der Waals surface area (Å²) in [6.45, 7) is 0. The van der Waals surface area contributed by atoms with E-state index in [2.05, 4.69) is 193 Å². The number of hydrogen-bond acceptors (Lipinski definition) is 2. The molecule has 0 saturated heterocycles. The van der Waals surface area contributed by atoms with Crippen LogP contribution in [0.2, 0.25) is 0 Å². The summed E-state index contributed by atoms with van der Waals surface area (Å²) >= 11 is 1.86. The minimum atomic E-state index is 1.12. The van der Waals surface area contributed by atoms with Gasteiger partial charge in [0.2, 0.25) is 0 Å². The second-order valence-corrected chi connectivity index (χ2v) is 14.0. The van der Waals surface area contributed by atoms with Gasteiger partial charge >= 0.3 is 0 Å². The molecule has 234 valence electrons. The van der Waals surface area contributed by atoms with Gasteiger partial charge in [-0.15, -0.1) is 11.3 Å². The monoisotopic (exact) mass is 653 g/mol. The van der Waals surface area contributed by atoms with Crippen LogP contribution in [0.15, 0.2) is 188 Å². The van der Waals surface area contributed by atoms with E-state index in [0.717, 1.165) is 17.1 Å². The van der Waals surface area contributed by atoms with Crippen molar-refractivity contribution in [2.45, 2.75) is 0 Å². The molecule has 1 aromatic heterocycles. The first-order valence-corrected chi connectivity index (χ1v) is 17.9. The minimum absolute atomic E-state index is 1.12. The van der Waals surface area contributed by atoms with Gasteiger partial charge in [-0.1, -0.05) is 140 Å². The summed E-state index contributed by atoms with van der Waals surface area (Å²) in [5.74, 6) is 0. The van der Waals surface area contributed by atoms with Gasteiger partial charge in [0.25, 0.3) is 0 Å². The molecule has 10 aromatic rings. The summed E-state index contributed by atoms with van der Waals surface area (Å²) < 4.78 is 2.62. The molecule has 0 aliphatic rings. The standard InChI is InChI=1S/C48H31NS/c1-2-10-33(11-3-1)40-13-6-8-16-45(40)49(39-28-29-47-44(31-39)42-15-7-9-17-46(42)50-47)38-26-24-32(25-27-38)37-23-20-35-19-22-36-21-18-34-12-4-5-14-41(34)48(36)43(35)30-37/h1-31H. The highest BCUT2D eigenvalue weighted by atomic mass is 32.1.